The maximum atomic E-state index is 12.2. The Bertz CT molecular complexity index is 346. The lowest BCUT2D eigenvalue weighted by atomic mass is 9.77. The zero-order chi connectivity index (χ0) is 14.7. The largest absolute Gasteiger partial charge is 0.481 e. The SMILES string of the molecule is CCC1(C(=O)O)CCCN(C(=O)CCC(C)(C)C)C1. The van der Waals surface area contributed by atoms with E-state index in [4.69, 9.17) is 0 Å². The van der Waals surface area contributed by atoms with E-state index in [1.807, 2.05) is 6.92 Å². The summed E-state index contributed by atoms with van der Waals surface area (Å²) in [5.41, 5.74) is -0.588. The summed E-state index contributed by atoms with van der Waals surface area (Å²) in [5.74, 6) is -0.656. The number of hydrogen-bond acceptors (Lipinski definition) is 2. The van der Waals surface area contributed by atoms with E-state index in [1.165, 1.54) is 0 Å². The van der Waals surface area contributed by atoms with Gasteiger partial charge in [0, 0.05) is 19.5 Å². The van der Waals surface area contributed by atoms with Gasteiger partial charge in [0.05, 0.1) is 5.41 Å². The van der Waals surface area contributed by atoms with Gasteiger partial charge in [0.2, 0.25) is 5.91 Å². The van der Waals surface area contributed by atoms with Crippen molar-refractivity contribution in [1.29, 1.82) is 0 Å². The molecule has 1 atom stereocenters. The Morgan fingerprint density at radius 2 is 1.95 bits per heavy atom. The summed E-state index contributed by atoms with van der Waals surface area (Å²) in [6.07, 6.45) is 3.42. The van der Waals surface area contributed by atoms with E-state index in [0.717, 1.165) is 12.8 Å². The summed E-state index contributed by atoms with van der Waals surface area (Å²) in [6.45, 7) is 9.33. The molecule has 1 aliphatic heterocycles. The molecule has 1 aliphatic rings. The molecular formula is C15H27NO3. The summed E-state index contributed by atoms with van der Waals surface area (Å²) in [6, 6.07) is 0. The molecule has 4 heteroatoms. The lowest BCUT2D eigenvalue weighted by Crippen LogP contribution is -2.49. The Balaban J connectivity index is 2.64. The third-order valence-electron chi connectivity index (χ3n) is 4.15. The maximum Gasteiger partial charge on any atom is 0.311 e. The number of aliphatic carboxylic acids is 1. The van der Waals surface area contributed by atoms with Gasteiger partial charge in [0.1, 0.15) is 0 Å². The van der Waals surface area contributed by atoms with Gasteiger partial charge in [-0.05, 0) is 31.1 Å². The van der Waals surface area contributed by atoms with E-state index < -0.39 is 11.4 Å². The van der Waals surface area contributed by atoms with Crippen molar-refractivity contribution in [3.8, 4) is 0 Å². The lowest BCUT2D eigenvalue weighted by Gasteiger charge is -2.39. The fraction of sp³-hybridized carbons (Fsp3) is 0.867. The molecule has 0 aliphatic carbocycles. The van der Waals surface area contributed by atoms with Gasteiger partial charge in [0.25, 0.3) is 0 Å². The van der Waals surface area contributed by atoms with Crippen LogP contribution in [0.25, 0.3) is 0 Å². The van der Waals surface area contributed by atoms with E-state index in [0.29, 0.717) is 32.4 Å². The van der Waals surface area contributed by atoms with Crippen LogP contribution >= 0.6 is 0 Å². The molecule has 0 aromatic carbocycles. The van der Waals surface area contributed by atoms with Crippen LogP contribution in [0.2, 0.25) is 0 Å². The molecule has 1 fully saturated rings. The predicted octanol–water partition coefficient (Wildman–Crippen LogP) is 2.92. The molecule has 1 heterocycles. The van der Waals surface area contributed by atoms with Crippen LogP contribution in [0.1, 0.15) is 59.8 Å². The van der Waals surface area contributed by atoms with Crippen molar-refractivity contribution in [2.45, 2.75) is 59.8 Å². The van der Waals surface area contributed by atoms with Crippen molar-refractivity contribution in [2.24, 2.45) is 10.8 Å². The lowest BCUT2D eigenvalue weighted by molar-refractivity contribution is -0.155. The normalized spacial score (nSPS) is 24.3. The van der Waals surface area contributed by atoms with Gasteiger partial charge in [-0.1, -0.05) is 27.7 Å². The zero-order valence-corrected chi connectivity index (χ0v) is 12.7. The third kappa shape index (κ3) is 4.22. The number of carbonyl (C=O) groups is 2. The average Bonchev–Trinajstić information content (AvgIpc) is 2.34. The van der Waals surface area contributed by atoms with Gasteiger partial charge in [0.15, 0.2) is 0 Å². The first-order valence-electron chi connectivity index (χ1n) is 7.21. The van der Waals surface area contributed by atoms with Gasteiger partial charge >= 0.3 is 5.97 Å². The molecule has 0 aromatic rings. The van der Waals surface area contributed by atoms with Gasteiger partial charge in [-0.2, -0.15) is 0 Å². The van der Waals surface area contributed by atoms with Crippen molar-refractivity contribution in [1.82, 2.24) is 4.90 Å². The van der Waals surface area contributed by atoms with Crippen molar-refractivity contribution in [3.05, 3.63) is 0 Å². The van der Waals surface area contributed by atoms with Gasteiger partial charge in [-0.15, -0.1) is 0 Å². The summed E-state index contributed by atoms with van der Waals surface area (Å²) in [5, 5.41) is 9.41. The summed E-state index contributed by atoms with van der Waals surface area (Å²) in [7, 11) is 0. The molecule has 1 rings (SSSR count). The minimum absolute atomic E-state index is 0.105. The highest BCUT2D eigenvalue weighted by Crippen LogP contribution is 2.34. The summed E-state index contributed by atoms with van der Waals surface area (Å²) < 4.78 is 0. The highest BCUT2D eigenvalue weighted by Gasteiger charge is 2.41. The van der Waals surface area contributed by atoms with Gasteiger partial charge in [-0.3, -0.25) is 9.59 Å². The molecule has 1 unspecified atom stereocenters. The molecule has 4 nitrogen and oxygen atoms in total. The highest BCUT2D eigenvalue weighted by atomic mass is 16.4. The van der Waals surface area contributed by atoms with Gasteiger partial charge < -0.3 is 10.0 Å². The second kappa shape index (κ2) is 5.93. The second-order valence-electron chi connectivity index (χ2n) is 6.92. The van der Waals surface area contributed by atoms with Crippen LogP contribution in [0, 0.1) is 10.8 Å². The first kappa shape index (κ1) is 16.0. The number of rotatable bonds is 4. The number of likely N-dealkylation sites (tertiary alicyclic amines) is 1. The number of carboxylic acid groups (broad SMARTS) is 1. The molecule has 0 spiro atoms. The highest BCUT2D eigenvalue weighted by molar-refractivity contribution is 5.79. The quantitative estimate of drug-likeness (QED) is 0.853. The van der Waals surface area contributed by atoms with Crippen LogP contribution in [0.3, 0.4) is 0 Å². The van der Waals surface area contributed by atoms with Crippen LogP contribution in [0.4, 0.5) is 0 Å². The summed E-state index contributed by atoms with van der Waals surface area (Å²) in [4.78, 5) is 25.4. The second-order valence-corrected chi connectivity index (χ2v) is 6.92. The molecule has 0 bridgehead atoms. The minimum atomic E-state index is -0.761. The van der Waals surface area contributed by atoms with E-state index in [2.05, 4.69) is 20.8 Å². The molecule has 19 heavy (non-hydrogen) atoms. The molecule has 110 valence electrons. The standard InChI is InChI=1S/C15H27NO3/c1-5-15(13(18)19)8-6-10-16(11-15)12(17)7-9-14(2,3)4/h5-11H2,1-4H3,(H,18,19). The number of amides is 1. The van der Waals surface area contributed by atoms with Gasteiger partial charge in [-0.25, -0.2) is 0 Å². The van der Waals surface area contributed by atoms with Crippen molar-refractivity contribution >= 4 is 11.9 Å². The first-order valence-corrected chi connectivity index (χ1v) is 7.21. The van der Waals surface area contributed by atoms with Crippen molar-refractivity contribution < 1.29 is 14.7 Å². The summed E-state index contributed by atoms with van der Waals surface area (Å²) >= 11 is 0. The smallest absolute Gasteiger partial charge is 0.311 e. The number of piperidine rings is 1. The van der Waals surface area contributed by atoms with Crippen LogP contribution in [0.15, 0.2) is 0 Å². The number of carbonyl (C=O) groups excluding carboxylic acids is 1. The van der Waals surface area contributed by atoms with E-state index in [-0.39, 0.29) is 11.3 Å². The fourth-order valence-electron chi connectivity index (χ4n) is 2.60. The molecule has 1 N–H and O–H groups in total. The molecule has 0 aromatic heterocycles. The first-order chi connectivity index (χ1) is 8.70. The minimum Gasteiger partial charge on any atom is -0.481 e. The fourth-order valence-corrected chi connectivity index (χ4v) is 2.60. The van der Waals surface area contributed by atoms with E-state index >= 15 is 0 Å². The zero-order valence-electron chi connectivity index (χ0n) is 12.7. The Morgan fingerprint density at radius 3 is 2.42 bits per heavy atom. The molecule has 1 saturated heterocycles. The molecule has 0 radical (unpaired) electrons. The Labute approximate surface area is 116 Å². The number of carboxylic acids is 1. The molecule has 1 amide bonds. The molecular weight excluding hydrogens is 242 g/mol. The van der Waals surface area contributed by atoms with Crippen LogP contribution in [0.5, 0.6) is 0 Å². The Morgan fingerprint density at radius 1 is 1.32 bits per heavy atom. The monoisotopic (exact) mass is 269 g/mol. The van der Waals surface area contributed by atoms with Crippen molar-refractivity contribution in [2.75, 3.05) is 13.1 Å². The number of hydrogen-bond donors (Lipinski definition) is 1. The third-order valence-corrected chi connectivity index (χ3v) is 4.15. The predicted molar refractivity (Wildman–Crippen MR) is 74.9 cm³/mol. The topological polar surface area (TPSA) is 57.6 Å². The Kier molecular flexibility index (Phi) is 4.99. The van der Waals surface area contributed by atoms with E-state index in [9.17, 15) is 14.7 Å². The van der Waals surface area contributed by atoms with E-state index in [1.54, 1.807) is 4.90 Å². The van der Waals surface area contributed by atoms with Crippen molar-refractivity contribution in [3.63, 3.8) is 0 Å². The number of nitrogens with zero attached hydrogens (tertiary/aromatic N) is 1. The molecule has 0 saturated carbocycles. The Hall–Kier alpha value is -1.06. The van der Waals surface area contributed by atoms with Crippen LogP contribution in [-0.4, -0.2) is 35.0 Å². The van der Waals surface area contributed by atoms with Crippen LogP contribution in [-0.2, 0) is 9.59 Å². The average molecular weight is 269 g/mol. The van der Waals surface area contributed by atoms with Crippen LogP contribution < -0.4 is 0 Å². The maximum absolute atomic E-state index is 12.2.